The Morgan fingerprint density at radius 3 is 2.84 bits per heavy atom. The summed E-state index contributed by atoms with van der Waals surface area (Å²) in [6.45, 7) is 3.45. The fraction of sp³-hybridized carbons (Fsp3) is 0.412. The third kappa shape index (κ3) is 3.13. The quantitative estimate of drug-likeness (QED) is 0.730. The summed E-state index contributed by atoms with van der Waals surface area (Å²) in [5.41, 5.74) is 0. The van der Waals surface area contributed by atoms with Gasteiger partial charge in [0.15, 0.2) is 0 Å². The number of rotatable bonds is 2. The van der Waals surface area contributed by atoms with Crippen LogP contribution in [-0.2, 0) is 0 Å². The van der Waals surface area contributed by atoms with Crippen molar-refractivity contribution in [1.82, 2.24) is 4.90 Å². The zero-order valence-electron chi connectivity index (χ0n) is 11.5. The average molecular weight is 271 g/mol. The Bertz CT molecular complexity index is 477. The lowest BCUT2D eigenvalue weighted by Crippen LogP contribution is -2.43. The largest absolute Gasteiger partial charge is 0.290 e. The zero-order chi connectivity index (χ0) is 13.1. The molecular weight excluding hydrogens is 250 g/mol. The van der Waals surface area contributed by atoms with E-state index in [0.717, 1.165) is 12.6 Å². The number of benzene rings is 1. The van der Waals surface area contributed by atoms with E-state index in [9.17, 15) is 0 Å². The van der Waals surface area contributed by atoms with Gasteiger partial charge in [0.1, 0.15) is 0 Å². The van der Waals surface area contributed by atoms with Crippen molar-refractivity contribution in [2.45, 2.75) is 43.2 Å². The fourth-order valence-electron chi connectivity index (χ4n) is 3.02. The van der Waals surface area contributed by atoms with Crippen molar-refractivity contribution in [1.29, 1.82) is 0 Å². The lowest BCUT2D eigenvalue weighted by Gasteiger charge is -2.38. The summed E-state index contributed by atoms with van der Waals surface area (Å²) < 4.78 is 0. The van der Waals surface area contributed by atoms with Crippen LogP contribution in [0.2, 0.25) is 0 Å². The highest BCUT2D eigenvalue weighted by atomic mass is 32.2. The lowest BCUT2D eigenvalue weighted by atomic mass is 10.00. The second kappa shape index (κ2) is 5.98. The monoisotopic (exact) mass is 271 g/mol. The summed E-state index contributed by atoms with van der Waals surface area (Å²) >= 11 is 1.94. The van der Waals surface area contributed by atoms with Crippen LogP contribution >= 0.6 is 11.8 Å². The standard InChI is InChI=1S/C17H21NS/c1-14-12-17(19-16-9-5-2-6-10-16)13-15-8-4-3-7-11-18(14)15/h2-3,5-7,9-10,12,14-15H,4,8,11,13H2,1H3/t14-,15-/m1/s1. The molecule has 0 aromatic heterocycles. The lowest BCUT2D eigenvalue weighted by molar-refractivity contribution is 0.173. The summed E-state index contributed by atoms with van der Waals surface area (Å²) in [5, 5.41) is 0. The minimum Gasteiger partial charge on any atom is -0.290 e. The summed E-state index contributed by atoms with van der Waals surface area (Å²) in [4.78, 5) is 5.54. The molecule has 0 bridgehead atoms. The van der Waals surface area contributed by atoms with E-state index in [1.807, 2.05) is 11.8 Å². The fourth-order valence-corrected chi connectivity index (χ4v) is 4.15. The highest BCUT2D eigenvalue weighted by molar-refractivity contribution is 8.03. The molecule has 2 heterocycles. The highest BCUT2D eigenvalue weighted by Crippen LogP contribution is 2.36. The Kier molecular flexibility index (Phi) is 4.09. The van der Waals surface area contributed by atoms with Gasteiger partial charge < -0.3 is 0 Å². The molecule has 0 saturated heterocycles. The van der Waals surface area contributed by atoms with Gasteiger partial charge in [-0.3, -0.25) is 4.90 Å². The molecule has 0 saturated carbocycles. The average Bonchev–Trinajstić information content (AvgIpc) is 2.65. The minimum absolute atomic E-state index is 0.563. The van der Waals surface area contributed by atoms with E-state index >= 15 is 0 Å². The third-order valence-electron chi connectivity index (χ3n) is 4.00. The van der Waals surface area contributed by atoms with Gasteiger partial charge in [0.2, 0.25) is 0 Å². The Labute approximate surface area is 120 Å². The van der Waals surface area contributed by atoms with Crippen molar-refractivity contribution < 1.29 is 0 Å². The molecule has 3 rings (SSSR count). The van der Waals surface area contributed by atoms with Gasteiger partial charge in [-0.1, -0.05) is 48.2 Å². The number of hydrogen-bond donors (Lipinski definition) is 0. The van der Waals surface area contributed by atoms with Gasteiger partial charge in [0.25, 0.3) is 0 Å². The normalized spacial score (nSPS) is 27.5. The third-order valence-corrected chi connectivity index (χ3v) is 5.07. The Morgan fingerprint density at radius 1 is 1.16 bits per heavy atom. The van der Waals surface area contributed by atoms with Crippen LogP contribution in [0.25, 0.3) is 0 Å². The first-order chi connectivity index (χ1) is 9.33. The van der Waals surface area contributed by atoms with Crippen molar-refractivity contribution in [3.8, 4) is 0 Å². The molecule has 2 aliphatic heterocycles. The van der Waals surface area contributed by atoms with Crippen LogP contribution < -0.4 is 0 Å². The number of hydrogen-bond acceptors (Lipinski definition) is 2. The van der Waals surface area contributed by atoms with Crippen molar-refractivity contribution in [3.05, 3.63) is 53.5 Å². The predicted molar refractivity (Wildman–Crippen MR) is 83.3 cm³/mol. The van der Waals surface area contributed by atoms with Crippen LogP contribution in [0.15, 0.2) is 58.4 Å². The molecule has 2 atom stereocenters. The van der Waals surface area contributed by atoms with E-state index in [0.29, 0.717) is 6.04 Å². The SMILES string of the molecule is C[C@@H]1C=C(Sc2ccccc2)C[C@H]2CCC=CCN21. The van der Waals surface area contributed by atoms with Gasteiger partial charge in [-0.2, -0.15) is 0 Å². The maximum Gasteiger partial charge on any atom is 0.0266 e. The number of fused-ring (bicyclic) bond motifs is 1. The van der Waals surface area contributed by atoms with E-state index < -0.39 is 0 Å². The maximum atomic E-state index is 2.64. The molecule has 1 aromatic rings. The predicted octanol–water partition coefficient (Wildman–Crippen LogP) is 4.48. The summed E-state index contributed by atoms with van der Waals surface area (Å²) in [7, 11) is 0. The zero-order valence-corrected chi connectivity index (χ0v) is 12.3. The van der Waals surface area contributed by atoms with Crippen LogP contribution in [0.1, 0.15) is 26.2 Å². The number of nitrogens with zero attached hydrogens (tertiary/aromatic N) is 1. The Morgan fingerprint density at radius 2 is 2.00 bits per heavy atom. The van der Waals surface area contributed by atoms with Crippen molar-refractivity contribution in [2.24, 2.45) is 0 Å². The topological polar surface area (TPSA) is 3.24 Å². The van der Waals surface area contributed by atoms with Crippen LogP contribution in [0, 0.1) is 0 Å². The van der Waals surface area contributed by atoms with E-state index in [4.69, 9.17) is 0 Å². The summed E-state index contributed by atoms with van der Waals surface area (Å²) in [5.74, 6) is 0. The summed E-state index contributed by atoms with van der Waals surface area (Å²) in [6.07, 6.45) is 10.9. The second-order valence-corrected chi connectivity index (χ2v) is 6.59. The smallest absolute Gasteiger partial charge is 0.0266 e. The van der Waals surface area contributed by atoms with Crippen molar-refractivity contribution >= 4 is 11.8 Å². The maximum absolute atomic E-state index is 2.64. The molecule has 1 aromatic carbocycles. The van der Waals surface area contributed by atoms with Crippen molar-refractivity contribution in [3.63, 3.8) is 0 Å². The van der Waals surface area contributed by atoms with Gasteiger partial charge in [-0.05, 0) is 43.2 Å². The Hall–Kier alpha value is -0.990. The molecule has 2 aliphatic rings. The molecule has 0 fully saturated rings. The van der Waals surface area contributed by atoms with Crippen LogP contribution in [0.5, 0.6) is 0 Å². The molecule has 19 heavy (non-hydrogen) atoms. The molecule has 0 aliphatic carbocycles. The first-order valence-corrected chi connectivity index (χ1v) is 7.99. The minimum atomic E-state index is 0.563. The van der Waals surface area contributed by atoms with Crippen LogP contribution in [-0.4, -0.2) is 23.5 Å². The van der Waals surface area contributed by atoms with Crippen LogP contribution in [0.3, 0.4) is 0 Å². The van der Waals surface area contributed by atoms with Gasteiger partial charge in [-0.25, -0.2) is 0 Å². The highest BCUT2D eigenvalue weighted by Gasteiger charge is 2.28. The summed E-state index contributed by atoms with van der Waals surface area (Å²) in [6, 6.07) is 12.0. The van der Waals surface area contributed by atoms with Gasteiger partial charge in [0.05, 0.1) is 0 Å². The molecule has 0 N–H and O–H groups in total. The number of allylic oxidation sites excluding steroid dienone is 1. The van der Waals surface area contributed by atoms with Gasteiger partial charge in [-0.15, -0.1) is 0 Å². The van der Waals surface area contributed by atoms with E-state index in [1.165, 1.54) is 24.2 Å². The molecule has 1 nitrogen and oxygen atoms in total. The molecule has 0 spiro atoms. The van der Waals surface area contributed by atoms with Gasteiger partial charge >= 0.3 is 0 Å². The van der Waals surface area contributed by atoms with Crippen molar-refractivity contribution in [2.75, 3.05) is 6.54 Å². The number of thioether (sulfide) groups is 1. The second-order valence-electron chi connectivity index (χ2n) is 5.39. The molecule has 0 radical (unpaired) electrons. The first-order valence-electron chi connectivity index (χ1n) is 7.17. The molecule has 2 heteroatoms. The van der Waals surface area contributed by atoms with Crippen LogP contribution in [0.4, 0.5) is 0 Å². The molecule has 0 amide bonds. The van der Waals surface area contributed by atoms with Gasteiger partial charge in [0, 0.05) is 23.5 Å². The first kappa shape index (κ1) is 13.0. The Balaban J connectivity index is 1.74. The molecule has 0 unspecified atom stereocenters. The van der Waals surface area contributed by atoms with E-state index in [2.05, 4.69) is 60.4 Å². The van der Waals surface area contributed by atoms with E-state index in [-0.39, 0.29) is 0 Å². The van der Waals surface area contributed by atoms with E-state index in [1.54, 1.807) is 4.91 Å². The molecule has 100 valence electrons. The molecular formula is C17H21NS.